The van der Waals surface area contributed by atoms with Gasteiger partial charge in [0.25, 0.3) is 0 Å². The maximum absolute atomic E-state index is 11.3. The van der Waals surface area contributed by atoms with Gasteiger partial charge in [0.2, 0.25) is 0 Å². The number of unbranched alkanes of at least 4 members (excludes halogenated alkanes) is 2. The van der Waals surface area contributed by atoms with E-state index < -0.39 is 20.9 Å². The summed E-state index contributed by atoms with van der Waals surface area (Å²) in [6.45, 7) is 1.94. The van der Waals surface area contributed by atoms with E-state index in [0.717, 1.165) is 6.42 Å². The Balaban J connectivity index is 3.61. The minimum Gasteiger partial charge on any atom is -0.772 e. The molecular formula is C8H17O4S2-. The van der Waals surface area contributed by atoms with Crippen LogP contribution in [0.5, 0.6) is 0 Å². The highest BCUT2D eigenvalue weighted by molar-refractivity contribution is 7.91. The molecule has 0 bridgehead atoms. The Kier molecular flexibility index (Phi) is 7.40. The van der Waals surface area contributed by atoms with Crippen LogP contribution in [0.15, 0.2) is 0 Å². The molecule has 86 valence electrons. The predicted octanol–water partition coefficient (Wildman–Crippen LogP) is 0.861. The van der Waals surface area contributed by atoms with Crippen molar-refractivity contribution in [3.05, 3.63) is 0 Å². The van der Waals surface area contributed by atoms with Gasteiger partial charge in [0, 0.05) is 5.75 Å². The Morgan fingerprint density at radius 1 is 1.14 bits per heavy atom. The lowest BCUT2D eigenvalue weighted by Crippen LogP contribution is -2.11. The summed E-state index contributed by atoms with van der Waals surface area (Å²) < 4.78 is 42.9. The van der Waals surface area contributed by atoms with E-state index in [2.05, 4.69) is 0 Å². The molecule has 4 nitrogen and oxygen atoms in total. The molecule has 0 aromatic rings. The van der Waals surface area contributed by atoms with E-state index in [1.807, 2.05) is 6.92 Å². The molecule has 0 aliphatic carbocycles. The van der Waals surface area contributed by atoms with Crippen LogP contribution in [0.25, 0.3) is 0 Å². The molecule has 0 N–H and O–H groups in total. The molecule has 0 radical (unpaired) electrons. The molecule has 0 amide bonds. The Morgan fingerprint density at radius 3 is 2.21 bits per heavy atom. The lowest BCUT2D eigenvalue weighted by atomic mass is 10.4. The van der Waals surface area contributed by atoms with Crippen LogP contribution in [0, 0.1) is 0 Å². The zero-order valence-corrected chi connectivity index (χ0v) is 10.0. The van der Waals surface area contributed by atoms with Crippen LogP contribution in [0.2, 0.25) is 0 Å². The second-order valence-electron chi connectivity index (χ2n) is 3.22. The molecule has 0 aliphatic heterocycles. The van der Waals surface area contributed by atoms with Gasteiger partial charge >= 0.3 is 0 Å². The second-order valence-corrected chi connectivity index (χ2v) is 6.54. The first-order chi connectivity index (χ1) is 6.48. The Labute approximate surface area is 88.3 Å². The average molecular weight is 241 g/mol. The normalized spacial score (nSPS) is 14.1. The first kappa shape index (κ1) is 14.1. The minimum atomic E-state index is -2.94. The van der Waals surface area contributed by atoms with Crippen molar-refractivity contribution in [2.45, 2.75) is 32.6 Å². The van der Waals surface area contributed by atoms with Crippen LogP contribution in [-0.4, -0.2) is 34.4 Å². The van der Waals surface area contributed by atoms with E-state index in [9.17, 15) is 17.2 Å². The highest BCUT2D eigenvalue weighted by atomic mass is 32.2. The van der Waals surface area contributed by atoms with Gasteiger partial charge in [-0.25, -0.2) is 8.42 Å². The number of hydrogen-bond acceptors (Lipinski definition) is 4. The molecule has 0 aromatic carbocycles. The van der Waals surface area contributed by atoms with Crippen LogP contribution in [0.1, 0.15) is 32.6 Å². The van der Waals surface area contributed by atoms with Crippen molar-refractivity contribution in [1.82, 2.24) is 0 Å². The van der Waals surface area contributed by atoms with Gasteiger partial charge in [-0.1, -0.05) is 24.4 Å². The van der Waals surface area contributed by atoms with Crippen LogP contribution < -0.4 is 0 Å². The van der Waals surface area contributed by atoms with Gasteiger partial charge in [-0.3, -0.25) is 4.21 Å². The van der Waals surface area contributed by atoms with E-state index in [1.165, 1.54) is 0 Å². The molecular weight excluding hydrogens is 224 g/mol. The molecule has 0 aromatic heterocycles. The van der Waals surface area contributed by atoms with Crippen molar-refractivity contribution in [3.63, 3.8) is 0 Å². The molecule has 1 unspecified atom stereocenters. The van der Waals surface area contributed by atoms with Gasteiger partial charge in [-0.2, -0.15) is 0 Å². The number of hydrogen-bond donors (Lipinski definition) is 0. The van der Waals surface area contributed by atoms with E-state index in [4.69, 9.17) is 0 Å². The van der Waals surface area contributed by atoms with Crippen molar-refractivity contribution < 1.29 is 17.2 Å². The SMILES string of the molecule is CCCCS(=O)(=O)CCCCS(=O)[O-]. The maximum Gasteiger partial charge on any atom is 0.150 e. The summed E-state index contributed by atoms with van der Waals surface area (Å²) in [5.41, 5.74) is 0. The zero-order valence-electron chi connectivity index (χ0n) is 8.40. The first-order valence-corrected chi connectivity index (χ1v) is 7.81. The van der Waals surface area contributed by atoms with Crippen LogP contribution in [-0.2, 0) is 20.9 Å². The molecule has 0 aliphatic rings. The standard InChI is InChI=1S/C8H18O4S2/c1-2-3-7-14(11,12)8-5-4-6-13(9)10/h2-8H2,1H3,(H,9,10)/p-1. The maximum atomic E-state index is 11.3. The topological polar surface area (TPSA) is 74.3 Å². The zero-order chi connectivity index (χ0) is 11.0. The largest absolute Gasteiger partial charge is 0.772 e. The molecule has 14 heavy (non-hydrogen) atoms. The summed E-state index contributed by atoms with van der Waals surface area (Å²) in [6, 6.07) is 0. The lowest BCUT2D eigenvalue weighted by Gasteiger charge is -2.05. The van der Waals surface area contributed by atoms with E-state index >= 15 is 0 Å². The molecule has 6 heteroatoms. The van der Waals surface area contributed by atoms with Crippen molar-refractivity contribution in [2.75, 3.05) is 17.3 Å². The summed E-state index contributed by atoms with van der Waals surface area (Å²) in [5.74, 6) is 0.400. The molecule has 1 atom stereocenters. The van der Waals surface area contributed by atoms with Crippen LogP contribution in [0.4, 0.5) is 0 Å². The second kappa shape index (κ2) is 7.36. The van der Waals surface area contributed by atoms with Crippen LogP contribution >= 0.6 is 0 Å². The van der Waals surface area contributed by atoms with Gasteiger partial charge in [-0.15, -0.1) is 0 Å². The Morgan fingerprint density at radius 2 is 1.71 bits per heavy atom. The third-order valence-electron chi connectivity index (χ3n) is 1.83. The molecule has 0 saturated carbocycles. The molecule has 0 rings (SSSR count). The van der Waals surface area contributed by atoms with Crippen molar-refractivity contribution in [2.24, 2.45) is 0 Å². The molecule has 0 saturated heterocycles. The van der Waals surface area contributed by atoms with Crippen molar-refractivity contribution >= 4 is 20.9 Å². The van der Waals surface area contributed by atoms with Crippen molar-refractivity contribution in [3.8, 4) is 0 Å². The highest BCUT2D eigenvalue weighted by Crippen LogP contribution is 2.01. The molecule has 0 fully saturated rings. The Hall–Kier alpha value is 0.0600. The fraction of sp³-hybridized carbons (Fsp3) is 1.00. The minimum absolute atomic E-state index is 0.0588. The quantitative estimate of drug-likeness (QED) is 0.466. The average Bonchev–Trinajstić information content (AvgIpc) is 2.09. The van der Waals surface area contributed by atoms with Gasteiger partial charge in [0.05, 0.1) is 11.5 Å². The van der Waals surface area contributed by atoms with Gasteiger partial charge in [0.1, 0.15) is 9.84 Å². The third-order valence-corrected chi connectivity index (χ3v) is 4.27. The Bertz CT molecular complexity index is 259. The van der Waals surface area contributed by atoms with E-state index in [0.29, 0.717) is 19.3 Å². The molecule has 0 spiro atoms. The van der Waals surface area contributed by atoms with E-state index in [-0.39, 0.29) is 17.3 Å². The van der Waals surface area contributed by atoms with E-state index in [1.54, 1.807) is 0 Å². The van der Waals surface area contributed by atoms with Gasteiger partial charge in [0.15, 0.2) is 0 Å². The summed E-state index contributed by atoms with van der Waals surface area (Å²) in [5, 5.41) is 0. The fourth-order valence-electron chi connectivity index (χ4n) is 1.01. The van der Waals surface area contributed by atoms with Gasteiger partial charge < -0.3 is 4.55 Å². The van der Waals surface area contributed by atoms with Crippen molar-refractivity contribution in [1.29, 1.82) is 0 Å². The summed E-state index contributed by atoms with van der Waals surface area (Å²) in [6.07, 6.45) is 2.43. The summed E-state index contributed by atoms with van der Waals surface area (Å²) in [4.78, 5) is 0. The lowest BCUT2D eigenvalue weighted by molar-refractivity contribution is 0.533. The first-order valence-electron chi connectivity index (χ1n) is 4.74. The number of sulfone groups is 1. The monoisotopic (exact) mass is 241 g/mol. The summed E-state index contributed by atoms with van der Waals surface area (Å²) in [7, 11) is -2.94. The summed E-state index contributed by atoms with van der Waals surface area (Å²) >= 11 is -2.04. The highest BCUT2D eigenvalue weighted by Gasteiger charge is 2.08. The predicted molar refractivity (Wildman–Crippen MR) is 56.6 cm³/mol. The fourth-order valence-corrected chi connectivity index (χ4v) is 3.02. The van der Waals surface area contributed by atoms with Crippen LogP contribution in [0.3, 0.4) is 0 Å². The third kappa shape index (κ3) is 8.65. The van der Waals surface area contributed by atoms with Gasteiger partial charge in [-0.05, 0) is 19.3 Å². The smallest absolute Gasteiger partial charge is 0.150 e. The molecule has 0 heterocycles. The number of rotatable bonds is 8.